The van der Waals surface area contributed by atoms with Gasteiger partial charge in [-0.1, -0.05) is 18.2 Å². The van der Waals surface area contributed by atoms with Crippen LogP contribution in [0.4, 0.5) is 5.82 Å². The third-order valence-electron chi connectivity index (χ3n) is 3.36. The lowest BCUT2D eigenvalue weighted by molar-refractivity contribution is 0.242. The van der Waals surface area contributed by atoms with Crippen LogP contribution in [0.1, 0.15) is 19.4 Å². The van der Waals surface area contributed by atoms with Crippen molar-refractivity contribution in [3.63, 3.8) is 0 Å². The summed E-state index contributed by atoms with van der Waals surface area (Å²) in [5, 5.41) is 0. The van der Waals surface area contributed by atoms with Gasteiger partial charge in [0, 0.05) is 11.8 Å². The van der Waals surface area contributed by atoms with Crippen LogP contribution >= 0.6 is 0 Å². The lowest BCUT2D eigenvalue weighted by atomic mass is 10.1. The molecule has 0 aliphatic heterocycles. The van der Waals surface area contributed by atoms with E-state index in [-0.39, 0.29) is 6.10 Å². The maximum absolute atomic E-state index is 6.25. The molecule has 2 N–H and O–H groups in total. The van der Waals surface area contributed by atoms with E-state index < -0.39 is 0 Å². The van der Waals surface area contributed by atoms with Gasteiger partial charge in [0.25, 0.3) is 0 Å². The van der Waals surface area contributed by atoms with E-state index in [1.807, 2.05) is 67.8 Å². The fourth-order valence-electron chi connectivity index (χ4n) is 2.42. The number of hydrogen-bond donors (Lipinski definition) is 1. The van der Waals surface area contributed by atoms with Crippen molar-refractivity contribution in [1.82, 2.24) is 9.38 Å². The number of aryl methyl sites for hydroxylation is 1. The van der Waals surface area contributed by atoms with Gasteiger partial charge < -0.3 is 10.5 Å². The second-order valence-corrected chi connectivity index (χ2v) is 5.42. The van der Waals surface area contributed by atoms with E-state index in [9.17, 15) is 0 Å². The highest BCUT2D eigenvalue weighted by Gasteiger charge is 2.13. The standard InChI is InChI=1S/C17H19N3O/c1-11(2)21-14-8-4-7-13(10-14)15-16(18)20-9-5-6-12(3)17(20)19-15/h4-11H,18H2,1-3H3. The Bertz CT molecular complexity index is 790. The molecular weight excluding hydrogens is 262 g/mol. The summed E-state index contributed by atoms with van der Waals surface area (Å²) in [4.78, 5) is 4.68. The summed E-state index contributed by atoms with van der Waals surface area (Å²) in [5.41, 5.74) is 10.00. The number of fused-ring (bicyclic) bond motifs is 1. The van der Waals surface area contributed by atoms with Crippen LogP contribution in [-0.4, -0.2) is 15.5 Å². The number of hydrogen-bond acceptors (Lipinski definition) is 3. The van der Waals surface area contributed by atoms with Crippen molar-refractivity contribution in [3.05, 3.63) is 48.2 Å². The van der Waals surface area contributed by atoms with E-state index in [0.29, 0.717) is 5.82 Å². The van der Waals surface area contributed by atoms with Crippen LogP contribution in [0.2, 0.25) is 0 Å². The van der Waals surface area contributed by atoms with Gasteiger partial charge in [0.05, 0.1) is 6.10 Å². The third-order valence-corrected chi connectivity index (χ3v) is 3.36. The SMILES string of the molecule is Cc1cccn2c(N)c(-c3cccc(OC(C)C)c3)nc12. The van der Waals surface area contributed by atoms with Crippen molar-refractivity contribution in [2.75, 3.05) is 5.73 Å². The van der Waals surface area contributed by atoms with Crippen LogP contribution in [-0.2, 0) is 0 Å². The van der Waals surface area contributed by atoms with Crippen LogP contribution in [0.5, 0.6) is 5.75 Å². The molecule has 0 saturated heterocycles. The van der Waals surface area contributed by atoms with Crippen LogP contribution in [0.25, 0.3) is 16.9 Å². The van der Waals surface area contributed by atoms with Crippen molar-refractivity contribution >= 4 is 11.5 Å². The van der Waals surface area contributed by atoms with Gasteiger partial charge in [-0.25, -0.2) is 4.98 Å². The van der Waals surface area contributed by atoms with Gasteiger partial charge in [-0.3, -0.25) is 4.40 Å². The smallest absolute Gasteiger partial charge is 0.142 e. The van der Waals surface area contributed by atoms with Gasteiger partial charge in [-0.2, -0.15) is 0 Å². The molecule has 0 bridgehead atoms. The Balaban J connectivity index is 2.12. The Kier molecular flexibility index (Phi) is 3.29. The summed E-state index contributed by atoms with van der Waals surface area (Å²) in [5.74, 6) is 1.48. The number of benzene rings is 1. The minimum Gasteiger partial charge on any atom is -0.491 e. The maximum atomic E-state index is 6.25. The largest absolute Gasteiger partial charge is 0.491 e. The molecule has 0 unspecified atom stereocenters. The molecule has 0 aliphatic carbocycles. The third kappa shape index (κ3) is 2.44. The first-order valence-electron chi connectivity index (χ1n) is 7.06. The number of nitrogen functional groups attached to an aromatic ring is 1. The molecule has 0 aliphatic rings. The van der Waals surface area contributed by atoms with Crippen LogP contribution in [0.15, 0.2) is 42.6 Å². The fraction of sp³-hybridized carbons (Fsp3) is 0.235. The van der Waals surface area contributed by atoms with Gasteiger partial charge in [0.1, 0.15) is 22.9 Å². The topological polar surface area (TPSA) is 52.5 Å². The van der Waals surface area contributed by atoms with E-state index in [4.69, 9.17) is 10.5 Å². The molecule has 0 radical (unpaired) electrons. The highest BCUT2D eigenvalue weighted by Crippen LogP contribution is 2.30. The highest BCUT2D eigenvalue weighted by atomic mass is 16.5. The molecule has 1 aromatic carbocycles. The highest BCUT2D eigenvalue weighted by molar-refractivity contribution is 5.76. The lowest BCUT2D eigenvalue weighted by Gasteiger charge is -2.10. The predicted octanol–water partition coefficient (Wildman–Crippen LogP) is 3.68. The molecule has 4 nitrogen and oxygen atoms in total. The summed E-state index contributed by atoms with van der Waals surface area (Å²) in [6.07, 6.45) is 2.07. The maximum Gasteiger partial charge on any atom is 0.142 e. The summed E-state index contributed by atoms with van der Waals surface area (Å²) >= 11 is 0. The van der Waals surface area contributed by atoms with E-state index in [0.717, 1.165) is 28.2 Å². The molecule has 0 fully saturated rings. The van der Waals surface area contributed by atoms with Crippen LogP contribution in [0, 0.1) is 6.92 Å². The van der Waals surface area contributed by atoms with Gasteiger partial charge in [-0.15, -0.1) is 0 Å². The molecule has 2 aromatic heterocycles. The number of pyridine rings is 1. The van der Waals surface area contributed by atoms with E-state index in [2.05, 4.69) is 4.98 Å². The second kappa shape index (κ2) is 5.13. The molecule has 0 atom stereocenters. The number of anilines is 1. The summed E-state index contributed by atoms with van der Waals surface area (Å²) in [7, 11) is 0. The predicted molar refractivity (Wildman–Crippen MR) is 85.5 cm³/mol. The number of rotatable bonds is 3. The molecule has 0 spiro atoms. The Hall–Kier alpha value is -2.49. The van der Waals surface area contributed by atoms with Crippen molar-refractivity contribution < 1.29 is 4.74 Å². The lowest BCUT2D eigenvalue weighted by Crippen LogP contribution is -2.05. The number of aromatic nitrogens is 2. The van der Waals surface area contributed by atoms with E-state index >= 15 is 0 Å². The average Bonchev–Trinajstić information content (AvgIpc) is 2.78. The molecular formula is C17H19N3O. The first-order chi connectivity index (χ1) is 10.1. The van der Waals surface area contributed by atoms with Gasteiger partial charge in [-0.05, 0) is 44.5 Å². The average molecular weight is 281 g/mol. The van der Waals surface area contributed by atoms with Crippen molar-refractivity contribution in [1.29, 1.82) is 0 Å². The van der Waals surface area contributed by atoms with E-state index in [1.165, 1.54) is 0 Å². The fourth-order valence-corrected chi connectivity index (χ4v) is 2.42. The zero-order valence-electron chi connectivity index (χ0n) is 12.5. The minimum atomic E-state index is 0.140. The van der Waals surface area contributed by atoms with Gasteiger partial charge in [0.2, 0.25) is 0 Å². The van der Waals surface area contributed by atoms with Gasteiger partial charge >= 0.3 is 0 Å². The number of ether oxygens (including phenoxy) is 1. The van der Waals surface area contributed by atoms with Crippen LogP contribution in [0.3, 0.4) is 0 Å². The quantitative estimate of drug-likeness (QED) is 0.796. The van der Waals surface area contributed by atoms with Crippen LogP contribution < -0.4 is 10.5 Å². The summed E-state index contributed by atoms with van der Waals surface area (Å²) < 4.78 is 7.66. The van der Waals surface area contributed by atoms with Gasteiger partial charge in [0.15, 0.2) is 0 Å². The van der Waals surface area contributed by atoms with Crippen molar-refractivity contribution in [2.24, 2.45) is 0 Å². The molecule has 108 valence electrons. The van der Waals surface area contributed by atoms with Crippen molar-refractivity contribution in [3.8, 4) is 17.0 Å². The molecule has 4 heteroatoms. The molecule has 3 rings (SSSR count). The molecule has 21 heavy (non-hydrogen) atoms. The Morgan fingerprint density at radius 3 is 2.71 bits per heavy atom. The first-order valence-corrected chi connectivity index (χ1v) is 7.06. The zero-order chi connectivity index (χ0) is 15.0. The summed E-state index contributed by atoms with van der Waals surface area (Å²) in [6.45, 7) is 6.05. The second-order valence-electron chi connectivity index (χ2n) is 5.42. The van der Waals surface area contributed by atoms with E-state index in [1.54, 1.807) is 0 Å². The Labute approximate surface area is 124 Å². The Morgan fingerprint density at radius 2 is 2.00 bits per heavy atom. The Morgan fingerprint density at radius 1 is 1.19 bits per heavy atom. The zero-order valence-corrected chi connectivity index (χ0v) is 12.5. The number of nitrogens with zero attached hydrogens (tertiary/aromatic N) is 2. The summed E-state index contributed by atoms with van der Waals surface area (Å²) in [6, 6.07) is 11.9. The minimum absolute atomic E-state index is 0.140. The molecule has 3 aromatic rings. The number of nitrogens with two attached hydrogens (primary N) is 1. The number of imidazole rings is 1. The van der Waals surface area contributed by atoms with Crippen molar-refractivity contribution in [2.45, 2.75) is 26.9 Å². The monoisotopic (exact) mass is 281 g/mol. The molecule has 2 heterocycles. The normalized spacial score (nSPS) is 11.2. The first kappa shape index (κ1) is 13.5. The molecule has 0 amide bonds. The molecule has 0 saturated carbocycles.